The van der Waals surface area contributed by atoms with Gasteiger partial charge in [0.15, 0.2) is 0 Å². The molecule has 0 saturated carbocycles. The molecule has 0 radical (unpaired) electrons. The number of amides is 2. The molecule has 1 fully saturated rings. The van der Waals surface area contributed by atoms with Crippen LogP contribution in [0, 0.1) is 0 Å². The molecule has 148 valence electrons. The van der Waals surface area contributed by atoms with E-state index in [1.165, 1.54) is 11.8 Å². The molecule has 8 nitrogen and oxygen atoms in total. The molecule has 1 aromatic carbocycles. The normalized spacial score (nSPS) is 14.4. The minimum absolute atomic E-state index is 0.0726. The summed E-state index contributed by atoms with van der Waals surface area (Å²) < 4.78 is 10.3. The molecule has 1 aromatic rings. The minimum Gasteiger partial charge on any atom is -0.462 e. The summed E-state index contributed by atoms with van der Waals surface area (Å²) in [4.78, 5) is 40.0. The fourth-order valence-electron chi connectivity index (χ4n) is 2.78. The first-order valence-corrected chi connectivity index (χ1v) is 9.13. The third-order valence-electron chi connectivity index (χ3n) is 4.27. The molecule has 0 atom stereocenters. The third-order valence-corrected chi connectivity index (χ3v) is 4.27. The van der Waals surface area contributed by atoms with Crippen molar-refractivity contribution in [3.63, 3.8) is 0 Å². The van der Waals surface area contributed by atoms with E-state index in [1.807, 2.05) is 0 Å². The number of ether oxygens (including phenoxy) is 2. The Labute approximate surface area is 159 Å². The molecule has 27 heavy (non-hydrogen) atoms. The van der Waals surface area contributed by atoms with E-state index in [2.05, 4.69) is 10.2 Å². The van der Waals surface area contributed by atoms with Crippen LogP contribution in [-0.4, -0.2) is 80.1 Å². The highest BCUT2D eigenvalue weighted by molar-refractivity contribution is 6.02. The number of esters is 1. The number of hydrogen-bond donors (Lipinski definition) is 1. The lowest BCUT2D eigenvalue weighted by Gasteiger charge is -2.29. The van der Waals surface area contributed by atoms with Gasteiger partial charge >= 0.3 is 5.97 Å². The highest BCUT2D eigenvalue weighted by Crippen LogP contribution is 2.16. The second-order valence-corrected chi connectivity index (χ2v) is 6.21. The number of para-hydroxylation sites is 1. The summed E-state index contributed by atoms with van der Waals surface area (Å²) in [5, 5.41) is 2.71. The lowest BCUT2D eigenvalue weighted by molar-refractivity contribution is -0.133. The van der Waals surface area contributed by atoms with E-state index >= 15 is 0 Å². The number of rotatable bonds is 8. The van der Waals surface area contributed by atoms with Crippen molar-refractivity contribution < 1.29 is 23.9 Å². The Hall–Kier alpha value is -2.45. The lowest BCUT2D eigenvalue weighted by Crippen LogP contribution is -2.44. The Bertz CT molecular complexity index is 659. The first kappa shape index (κ1) is 20.9. The molecule has 1 heterocycles. The van der Waals surface area contributed by atoms with Crippen molar-refractivity contribution in [3.05, 3.63) is 29.8 Å². The van der Waals surface area contributed by atoms with Crippen molar-refractivity contribution >= 4 is 23.5 Å². The van der Waals surface area contributed by atoms with Crippen LogP contribution in [0.2, 0.25) is 0 Å². The molecule has 1 aliphatic rings. The molecule has 1 saturated heterocycles. The molecule has 1 N–H and O–H groups in total. The number of benzene rings is 1. The Morgan fingerprint density at radius 1 is 1.22 bits per heavy atom. The molecule has 0 aromatic heterocycles. The highest BCUT2D eigenvalue weighted by atomic mass is 16.5. The number of carbonyl (C=O) groups excluding carboxylic acids is 3. The predicted octanol–water partition coefficient (Wildman–Crippen LogP) is 0.983. The van der Waals surface area contributed by atoms with E-state index in [1.54, 1.807) is 31.2 Å². The van der Waals surface area contributed by atoms with Crippen LogP contribution in [0.25, 0.3) is 0 Å². The predicted molar refractivity (Wildman–Crippen MR) is 101 cm³/mol. The second kappa shape index (κ2) is 10.6. The first-order chi connectivity index (χ1) is 13.0. The largest absolute Gasteiger partial charge is 0.462 e. The maximum Gasteiger partial charge on any atom is 0.340 e. The van der Waals surface area contributed by atoms with Crippen LogP contribution < -0.4 is 5.32 Å². The van der Waals surface area contributed by atoms with E-state index in [0.717, 1.165) is 13.1 Å². The molecule has 1 aliphatic heterocycles. The van der Waals surface area contributed by atoms with Crippen LogP contribution in [0.4, 0.5) is 5.69 Å². The van der Waals surface area contributed by atoms with Gasteiger partial charge in [0.25, 0.3) is 0 Å². The second-order valence-electron chi connectivity index (χ2n) is 6.21. The van der Waals surface area contributed by atoms with Gasteiger partial charge in [0, 0.05) is 33.1 Å². The van der Waals surface area contributed by atoms with E-state index in [-0.39, 0.29) is 30.5 Å². The molecular weight excluding hydrogens is 350 g/mol. The average Bonchev–Trinajstić information content (AvgIpc) is 2.66. The quantitative estimate of drug-likeness (QED) is 0.680. The fraction of sp³-hybridized carbons (Fsp3) is 0.526. The van der Waals surface area contributed by atoms with Crippen molar-refractivity contribution in [1.82, 2.24) is 9.80 Å². The van der Waals surface area contributed by atoms with Gasteiger partial charge in [0.05, 0.1) is 37.6 Å². The molecule has 8 heteroatoms. The van der Waals surface area contributed by atoms with Gasteiger partial charge in [-0.2, -0.15) is 0 Å². The number of carbonyl (C=O) groups is 3. The molecule has 0 bridgehead atoms. The van der Waals surface area contributed by atoms with Crippen molar-refractivity contribution in [1.29, 1.82) is 0 Å². The van der Waals surface area contributed by atoms with Crippen LogP contribution in [0.3, 0.4) is 0 Å². The number of hydrogen-bond acceptors (Lipinski definition) is 6. The summed E-state index contributed by atoms with van der Waals surface area (Å²) in [5.41, 5.74) is 0.660. The van der Waals surface area contributed by atoms with Crippen LogP contribution in [0.1, 0.15) is 24.2 Å². The summed E-state index contributed by atoms with van der Waals surface area (Å²) in [6.07, 6.45) is 0. The topological polar surface area (TPSA) is 88.2 Å². The third kappa shape index (κ3) is 6.65. The molecule has 0 unspecified atom stereocenters. The summed E-state index contributed by atoms with van der Waals surface area (Å²) in [6, 6.07) is 6.65. The minimum atomic E-state index is -0.496. The van der Waals surface area contributed by atoms with Crippen LogP contribution in [0.5, 0.6) is 0 Å². The van der Waals surface area contributed by atoms with E-state index in [4.69, 9.17) is 9.47 Å². The van der Waals surface area contributed by atoms with Gasteiger partial charge in [-0.1, -0.05) is 12.1 Å². The van der Waals surface area contributed by atoms with Crippen molar-refractivity contribution in [3.8, 4) is 0 Å². The van der Waals surface area contributed by atoms with Crippen LogP contribution >= 0.6 is 0 Å². The number of anilines is 1. The van der Waals surface area contributed by atoms with Gasteiger partial charge < -0.3 is 19.7 Å². The van der Waals surface area contributed by atoms with Gasteiger partial charge in [-0.15, -0.1) is 0 Å². The fourth-order valence-corrected chi connectivity index (χ4v) is 2.78. The van der Waals surface area contributed by atoms with Gasteiger partial charge in [0.1, 0.15) is 0 Å². The zero-order chi connectivity index (χ0) is 19.6. The molecular formula is C19H27N3O5. The smallest absolute Gasteiger partial charge is 0.340 e. The monoisotopic (exact) mass is 377 g/mol. The molecule has 2 amide bonds. The van der Waals surface area contributed by atoms with Crippen molar-refractivity contribution in [2.75, 3.05) is 57.9 Å². The highest BCUT2D eigenvalue weighted by Gasteiger charge is 2.19. The summed E-state index contributed by atoms with van der Waals surface area (Å²) >= 11 is 0. The Kier molecular flexibility index (Phi) is 8.22. The number of nitrogens with one attached hydrogen (secondary N) is 1. The van der Waals surface area contributed by atoms with Gasteiger partial charge in [0.2, 0.25) is 11.8 Å². The first-order valence-electron chi connectivity index (χ1n) is 9.13. The Morgan fingerprint density at radius 2 is 1.93 bits per heavy atom. The zero-order valence-electron chi connectivity index (χ0n) is 15.9. The SMILES string of the molecule is CCOC(=O)c1ccccc1NC(=O)CN(CCN1CCOCC1)C(C)=O. The average molecular weight is 377 g/mol. The van der Waals surface area contributed by atoms with Crippen LogP contribution in [0.15, 0.2) is 24.3 Å². The molecule has 0 aliphatic carbocycles. The summed E-state index contributed by atoms with van der Waals surface area (Å²) in [5.74, 6) is -1.02. The standard InChI is InChI=1S/C19H27N3O5/c1-3-27-19(25)16-6-4-5-7-17(16)20-18(24)14-22(15(2)23)9-8-21-10-12-26-13-11-21/h4-7H,3,8-14H2,1-2H3,(H,20,24). The number of morpholine rings is 1. The van der Waals surface area contributed by atoms with E-state index in [9.17, 15) is 14.4 Å². The number of nitrogens with zero attached hydrogens (tertiary/aromatic N) is 2. The Morgan fingerprint density at radius 3 is 2.59 bits per heavy atom. The summed E-state index contributed by atoms with van der Waals surface area (Å²) in [7, 11) is 0. The van der Waals surface area contributed by atoms with Gasteiger partial charge in [-0.3, -0.25) is 14.5 Å². The maximum absolute atomic E-state index is 12.4. The van der Waals surface area contributed by atoms with Gasteiger partial charge in [-0.25, -0.2) is 4.79 Å². The van der Waals surface area contributed by atoms with Crippen LogP contribution in [-0.2, 0) is 19.1 Å². The zero-order valence-corrected chi connectivity index (χ0v) is 15.9. The maximum atomic E-state index is 12.4. The molecule has 0 spiro atoms. The van der Waals surface area contributed by atoms with Crippen molar-refractivity contribution in [2.45, 2.75) is 13.8 Å². The van der Waals surface area contributed by atoms with E-state index < -0.39 is 5.97 Å². The van der Waals surface area contributed by atoms with Gasteiger partial charge in [-0.05, 0) is 19.1 Å². The van der Waals surface area contributed by atoms with Crippen molar-refractivity contribution in [2.24, 2.45) is 0 Å². The molecule has 2 rings (SSSR count). The van der Waals surface area contributed by atoms with E-state index in [0.29, 0.717) is 32.0 Å². The summed E-state index contributed by atoms with van der Waals surface area (Å²) in [6.45, 7) is 7.51. The Balaban J connectivity index is 1.93. The lowest BCUT2D eigenvalue weighted by atomic mass is 10.2.